The number of nitrogens with zero attached hydrogens (tertiary/aromatic N) is 2. The van der Waals surface area contributed by atoms with Gasteiger partial charge in [-0.15, -0.1) is 0 Å². The van der Waals surface area contributed by atoms with Crippen molar-refractivity contribution in [3.8, 4) is 11.5 Å². The summed E-state index contributed by atoms with van der Waals surface area (Å²) < 4.78 is 37.8. The molecule has 0 unspecified atom stereocenters. The summed E-state index contributed by atoms with van der Waals surface area (Å²) in [6, 6.07) is 8.72. The van der Waals surface area contributed by atoms with Crippen LogP contribution in [-0.2, 0) is 26.2 Å². The van der Waals surface area contributed by atoms with Gasteiger partial charge in [0.2, 0.25) is 28.6 Å². The van der Waals surface area contributed by atoms with Gasteiger partial charge in [0, 0.05) is 19.2 Å². The zero-order valence-electron chi connectivity index (χ0n) is 21.0. The molecule has 1 aliphatic heterocycles. The molecule has 9 nitrogen and oxygen atoms in total. The summed E-state index contributed by atoms with van der Waals surface area (Å²) in [5.41, 5.74) is 0.901. The third-order valence-electron chi connectivity index (χ3n) is 5.96. The minimum atomic E-state index is -3.86. The molecule has 3 rings (SSSR count). The summed E-state index contributed by atoms with van der Waals surface area (Å²) in [4.78, 5) is 27.9. The summed E-state index contributed by atoms with van der Waals surface area (Å²) in [5.74, 6) is -0.247. The SMILES string of the molecule is CCCCNC(=O)[C@H](C)N(Cc1ccc(Cl)c(Cl)c1)C(=O)CN(c1ccc2c(c1)OCO2)S(=O)(=O)CC. The highest BCUT2D eigenvalue weighted by Crippen LogP contribution is 2.36. The number of nitrogens with one attached hydrogen (secondary N) is 1. The molecular weight excluding hydrogens is 541 g/mol. The van der Waals surface area contributed by atoms with E-state index in [4.69, 9.17) is 32.7 Å². The van der Waals surface area contributed by atoms with Gasteiger partial charge in [-0.3, -0.25) is 13.9 Å². The van der Waals surface area contributed by atoms with Crippen LogP contribution in [0.2, 0.25) is 10.0 Å². The van der Waals surface area contributed by atoms with Gasteiger partial charge in [0.25, 0.3) is 0 Å². The van der Waals surface area contributed by atoms with Gasteiger partial charge in [-0.05, 0) is 50.1 Å². The van der Waals surface area contributed by atoms with Crippen molar-refractivity contribution >= 4 is 50.7 Å². The van der Waals surface area contributed by atoms with Crippen LogP contribution in [0, 0.1) is 0 Å². The Morgan fingerprint density at radius 3 is 2.46 bits per heavy atom. The molecule has 0 fully saturated rings. The number of rotatable bonds is 12. The number of halogens is 2. The van der Waals surface area contributed by atoms with Crippen LogP contribution < -0.4 is 19.1 Å². The average Bonchev–Trinajstić information content (AvgIpc) is 3.35. The van der Waals surface area contributed by atoms with Gasteiger partial charge in [0.15, 0.2) is 11.5 Å². The van der Waals surface area contributed by atoms with E-state index in [1.54, 1.807) is 37.3 Å². The molecule has 0 radical (unpaired) electrons. The first-order chi connectivity index (χ1) is 17.6. The van der Waals surface area contributed by atoms with E-state index in [9.17, 15) is 18.0 Å². The van der Waals surface area contributed by atoms with Crippen LogP contribution in [0.15, 0.2) is 36.4 Å². The molecule has 0 saturated carbocycles. The first-order valence-corrected chi connectivity index (χ1v) is 14.3. The lowest BCUT2D eigenvalue weighted by Crippen LogP contribution is -2.51. The number of sulfonamides is 1. The number of anilines is 1. The third kappa shape index (κ3) is 7.21. The van der Waals surface area contributed by atoms with Crippen molar-refractivity contribution in [2.24, 2.45) is 0 Å². The van der Waals surface area contributed by atoms with Crippen molar-refractivity contribution in [1.29, 1.82) is 0 Å². The van der Waals surface area contributed by atoms with Crippen LogP contribution in [0.5, 0.6) is 11.5 Å². The van der Waals surface area contributed by atoms with Crippen molar-refractivity contribution in [3.63, 3.8) is 0 Å². The number of hydrogen-bond acceptors (Lipinski definition) is 6. The first-order valence-electron chi connectivity index (χ1n) is 12.0. The summed E-state index contributed by atoms with van der Waals surface area (Å²) in [6.07, 6.45) is 1.70. The van der Waals surface area contributed by atoms with Gasteiger partial charge in [-0.1, -0.05) is 42.6 Å². The molecule has 1 atom stereocenters. The summed E-state index contributed by atoms with van der Waals surface area (Å²) in [6.45, 7) is 5.13. The molecule has 0 bridgehead atoms. The van der Waals surface area contributed by atoms with E-state index in [-0.39, 0.29) is 30.7 Å². The maximum absolute atomic E-state index is 13.7. The highest BCUT2D eigenvalue weighted by Gasteiger charge is 2.31. The van der Waals surface area contributed by atoms with E-state index in [1.807, 2.05) is 6.92 Å². The average molecular weight is 573 g/mol. The topological polar surface area (TPSA) is 105 Å². The van der Waals surface area contributed by atoms with Crippen molar-refractivity contribution in [2.45, 2.75) is 46.2 Å². The lowest BCUT2D eigenvalue weighted by molar-refractivity contribution is -0.139. The molecule has 202 valence electrons. The highest BCUT2D eigenvalue weighted by atomic mass is 35.5. The summed E-state index contributed by atoms with van der Waals surface area (Å²) in [5, 5.41) is 3.50. The van der Waals surface area contributed by atoms with Gasteiger partial charge in [-0.2, -0.15) is 0 Å². The van der Waals surface area contributed by atoms with Crippen LogP contribution >= 0.6 is 23.2 Å². The fourth-order valence-electron chi connectivity index (χ4n) is 3.71. The lowest BCUT2D eigenvalue weighted by Gasteiger charge is -2.32. The van der Waals surface area contributed by atoms with Gasteiger partial charge in [0.1, 0.15) is 12.6 Å². The summed E-state index contributed by atoms with van der Waals surface area (Å²) in [7, 11) is -3.86. The number of ether oxygens (including phenoxy) is 2. The summed E-state index contributed by atoms with van der Waals surface area (Å²) >= 11 is 12.2. The molecule has 1 aliphatic rings. The Kier molecular flexibility index (Phi) is 9.92. The minimum absolute atomic E-state index is 0.0270. The largest absolute Gasteiger partial charge is 0.454 e. The van der Waals surface area contributed by atoms with Crippen LogP contribution in [0.25, 0.3) is 0 Å². The molecular formula is C25H31Cl2N3O6S. The van der Waals surface area contributed by atoms with Gasteiger partial charge >= 0.3 is 0 Å². The third-order valence-corrected chi connectivity index (χ3v) is 8.44. The molecule has 2 aromatic carbocycles. The molecule has 0 aromatic heterocycles. The standard InChI is InChI=1S/C25H31Cl2N3O6S/c1-4-6-11-28-25(32)17(3)29(14-18-7-9-20(26)21(27)12-18)24(31)15-30(37(33,34)5-2)19-8-10-22-23(13-19)36-16-35-22/h7-10,12-13,17H,4-6,11,14-16H2,1-3H3,(H,28,32)/t17-/m0/s1. The second-order valence-electron chi connectivity index (χ2n) is 8.54. The number of hydrogen-bond donors (Lipinski definition) is 1. The molecule has 2 amide bonds. The highest BCUT2D eigenvalue weighted by molar-refractivity contribution is 7.92. The fraction of sp³-hybridized carbons (Fsp3) is 0.440. The molecule has 1 N–H and O–H groups in total. The number of carbonyl (C=O) groups is 2. The zero-order valence-corrected chi connectivity index (χ0v) is 23.3. The van der Waals surface area contributed by atoms with E-state index < -0.39 is 28.5 Å². The Morgan fingerprint density at radius 1 is 1.05 bits per heavy atom. The van der Waals surface area contributed by atoms with Crippen LogP contribution in [-0.4, -0.2) is 56.8 Å². The molecule has 37 heavy (non-hydrogen) atoms. The Bertz CT molecular complexity index is 1240. The molecule has 2 aromatic rings. The Balaban J connectivity index is 1.92. The number of unbranched alkanes of at least 4 members (excludes halogenated alkanes) is 1. The number of fused-ring (bicyclic) bond motifs is 1. The molecule has 0 aliphatic carbocycles. The van der Waals surface area contributed by atoms with E-state index in [0.29, 0.717) is 33.7 Å². The van der Waals surface area contributed by atoms with Crippen LogP contribution in [0.1, 0.15) is 39.2 Å². The zero-order chi connectivity index (χ0) is 27.2. The lowest BCUT2D eigenvalue weighted by atomic mass is 10.1. The van der Waals surface area contributed by atoms with Crippen molar-refractivity contribution in [3.05, 3.63) is 52.0 Å². The van der Waals surface area contributed by atoms with Crippen molar-refractivity contribution in [2.75, 3.05) is 29.9 Å². The molecule has 12 heteroatoms. The Labute approximate surface area is 227 Å². The number of carbonyl (C=O) groups excluding carboxylic acids is 2. The number of amides is 2. The predicted molar refractivity (Wildman–Crippen MR) is 144 cm³/mol. The molecule has 0 spiro atoms. The van der Waals surface area contributed by atoms with E-state index >= 15 is 0 Å². The Hall–Kier alpha value is -2.69. The predicted octanol–water partition coefficient (Wildman–Crippen LogP) is 4.21. The van der Waals surface area contributed by atoms with Gasteiger partial charge in [-0.25, -0.2) is 8.42 Å². The van der Waals surface area contributed by atoms with Crippen molar-refractivity contribution < 1.29 is 27.5 Å². The quantitative estimate of drug-likeness (QED) is 0.382. The minimum Gasteiger partial charge on any atom is -0.454 e. The first kappa shape index (κ1) is 28.9. The van der Waals surface area contributed by atoms with Crippen molar-refractivity contribution in [1.82, 2.24) is 10.2 Å². The van der Waals surface area contributed by atoms with E-state index in [2.05, 4.69) is 5.32 Å². The smallest absolute Gasteiger partial charge is 0.244 e. The Morgan fingerprint density at radius 2 is 1.78 bits per heavy atom. The second-order valence-corrected chi connectivity index (χ2v) is 11.5. The molecule has 1 heterocycles. The fourth-order valence-corrected chi connectivity index (χ4v) is 5.09. The maximum atomic E-state index is 13.7. The van der Waals surface area contributed by atoms with E-state index in [1.165, 1.54) is 17.9 Å². The molecule has 0 saturated heterocycles. The monoisotopic (exact) mass is 571 g/mol. The van der Waals surface area contributed by atoms with Crippen LogP contribution in [0.3, 0.4) is 0 Å². The number of benzene rings is 2. The van der Waals surface area contributed by atoms with Gasteiger partial charge in [0.05, 0.1) is 21.5 Å². The second kappa shape index (κ2) is 12.7. The van der Waals surface area contributed by atoms with E-state index in [0.717, 1.165) is 17.1 Å². The maximum Gasteiger partial charge on any atom is 0.244 e. The van der Waals surface area contributed by atoms with Gasteiger partial charge < -0.3 is 19.7 Å². The van der Waals surface area contributed by atoms with Crippen LogP contribution in [0.4, 0.5) is 5.69 Å². The normalized spacial score (nSPS) is 13.2.